The number of nitrogens with one attached hydrogen (secondary N) is 1. The molecule has 0 radical (unpaired) electrons. The summed E-state index contributed by atoms with van der Waals surface area (Å²) >= 11 is 0. The lowest BCUT2D eigenvalue weighted by molar-refractivity contribution is 0.359. The Labute approximate surface area is 164 Å². The predicted molar refractivity (Wildman–Crippen MR) is 106 cm³/mol. The highest BCUT2D eigenvalue weighted by molar-refractivity contribution is 5.89. The topological polar surface area (TPSA) is 97.9 Å². The van der Waals surface area contributed by atoms with Gasteiger partial charge in [0.1, 0.15) is 5.52 Å². The minimum Gasteiger partial charge on any atom is -0.504 e. The normalized spacial score (nSPS) is 15.4. The number of aromatic hydroxyl groups is 1. The average Bonchev–Trinajstić information content (AvgIpc) is 3.12. The zero-order valence-electron chi connectivity index (χ0n) is 15.8. The maximum absolute atomic E-state index is 14.6. The van der Waals surface area contributed by atoms with E-state index in [1.54, 1.807) is 36.3 Å². The van der Waals surface area contributed by atoms with Gasteiger partial charge in [0.05, 0.1) is 22.9 Å². The van der Waals surface area contributed by atoms with Crippen LogP contribution in [0.1, 0.15) is 18.9 Å². The number of nitrogens with zero attached hydrogens (tertiary/aromatic N) is 5. The number of phenols is 1. The highest BCUT2D eigenvalue weighted by atomic mass is 19.1. The van der Waals surface area contributed by atoms with Crippen LogP contribution in [-0.2, 0) is 7.05 Å². The van der Waals surface area contributed by atoms with E-state index in [2.05, 4.69) is 20.4 Å². The molecule has 0 atom stereocenters. The van der Waals surface area contributed by atoms with E-state index in [-0.39, 0.29) is 22.7 Å². The van der Waals surface area contributed by atoms with Crippen molar-refractivity contribution in [3.8, 4) is 17.0 Å². The maximum Gasteiger partial charge on any atom is 0.263 e. The Morgan fingerprint density at radius 1 is 1.24 bits per heavy atom. The van der Waals surface area contributed by atoms with E-state index in [0.29, 0.717) is 22.0 Å². The molecule has 2 N–H and O–H groups in total. The van der Waals surface area contributed by atoms with Crippen LogP contribution >= 0.6 is 0 Å². The Balaban J connectivity index is 1.63. The average molecular weight is 394 g/mol. The van der Waals surface area contributed by atoms with Crippen molar-refractivity contribution in [3.05, 3.63) is 47.0 Å². The van der Waals surface area contributed by atoms with E-state index >= 15 is 0 Å². The number of phenolic OH excluding ortho intramolecular Hbond substituents is 1. The van der Waals surface area contributed by atoms with Gasteiger partial charge in [0.15, 0.2) is 11.6 Å². The number of pyridine rings is 1. The summed E-state index contributed by atoms with van der Waals surface area (Å²) in [4.78, 5) is 21.7. The number of aromatic nitrogens is 5. The molecule has 4 heterocycles. The molecule has 1 aliphatic rings. The Morgan fingerprint density at radius 3 is 2.83 bits per heavy atom. The van der Waals surface area contributed by atoms with Crippen molar-refractivity contribution < 1.29 is 9.50 Å². The van der Waals surface area contributed by atoms with Crippen LogP contribution in [0, 0.1) is 5.82 Å². The molecule has 148 valence electrons. The third kappa shape index (κ3) is 2.85. The van der Waals surface area contributed by atoms with Crippen LogP contribution in [0.3, 0.4) is 0 Å². The van der Waals surface area contributed by atoms with Crippen molar-refractivity contribution in [2.45, 2.75) is 18.9 Å². The molecule has 1 saturated heterocycles. The second-order valence-electron chi connectivity index (χ2n) is 7.35. The van der Waals surface area contributed by atoms with Gasteiger partial charge >= 0.3 is 0 Å². The Kier molecular flexibility index (Phi) is 4.06. The number of benzene rings is 1. The summed E-state index contributed by atoms with van der Waals surface area (Å²) in [7, 11) is 1.68. The van der Waals surface area contributed by atoms with Gasteiger partial charge in [0.2, 0.25) is 0 Å². The molecule has 0 spiro atoms. The van der Waals surface area contributed by atoms with Crippen LogP contribution in [0.25, 0.3) is 33.1 Å². The summed E-state index contributed by atoms with van der Waals surface area (Å²) < 4.78 is 17.7. The molecule has 0 saturated carbocycles. The van der Waals surface area contributed by atoms with Crippen LogP contribution in [0.2, 0.25) is 0 Å². The monoisotopic (exact) mass is 394 g/mol. The fraction of sp³-hybridized carbons (Fsp3) is 0.300. The molecule has 29 heavy (non-hydrogen) atoms. The van der Waals surface area contributed by atoms with Gasteiger partial charge in [-0.2, -0.15) is 5.10 Å². The van der Waals surface area contributed by atoms with Crippen molar-refractivity contribution >= 4 is 21.8 Å². The fourth-order valence-electron chi connectivity index (χ4n) is 3.96. The fourth-order valence-corrected chi connectivity index (χ4v) is 3.96. The largest absolute Gasteiger partial charge is 0.504 e. The minimum absolute atomic E-state index is 0.0949. The number of piperidine rings is 1. The van der Waals surface area contributed by atoms with E-state index in [1.807, 2.05) is 0 Å². The lowest BCUT2D eigenvalue weighted by Gasteiger charge is -2.24. The van der Waals surface area contributed by atoms with Crippen LogP contribution in [0.15, 0.2) is 35.6 Å². The number of rotatable bonds is 2. The van der Waals surface area contributed by atoms with Gasteiger partial charge < -0.3 is 10.4 Å². The van der Waals surface area contributed by atoms with Crippen molar-refractivity contribution in [2.24, 2.45) is 7.05 Å². The minimum atomic E-state index is -0.797. The van der Waals surface area contributed by atoms with Crippen LogP contribution in [0.4, 0.5) is 4.39 Å². The first kappa shape index (κ1) is 17.7. The Morgan fingerprint density at radius 2 is 2.03 bits per heavy atom. The van der Waals surface area contributed by atoms with Gasteiger partial charge in [-0.05, 0) is 38.1 Å². The van der Waals surface area contributed by atoms with E-state index in [9.17, 15) is 14.3 Å². The van der Waals surface area contributed by atoms with Gasteiger partial charge in [0, 0.05) is 36.4 Å². The molecule has 4 aromatic rings. The van der Waals surface area contributed by atoms with Gasteiger partial charge in [-0.3, -0.25) is 19.0 Å². The van der Waals surface area contributed by atoms with Crippen LogP contribution in [0.5, 0.6) is 5.75 Å². The Bertz CT molecular complexity index is 1310. The molecule has 9 heteroatoms. The summed E-state index contributed by atoms with van der Waals surface area (Å²) in [5, 5.41) is 18.6. The SMILES string of the molecule is Cn1cc2cc(-c3cc4ncn(C5CCNCC5)c(=O)c4cn3)c(O)c(F)c2n1. The van der Waals surface area contributed by atoms with Gasteiger partial charge in [0.25, 0.3) is 5.56 Å². The summed E-state index contributed by atoms with van der Waals surface area (Å²) in [6.07, 6.45) is 6.42. The van der Waals surface area contributed by atoms with Crippen molar-refractivity contribution in [2.75, 3.05) is 13.1 Å². The molecular formula is C20H19FN6O2. The molecule has 0 unspecified atom stereocenters. The quantitative estimate of drug-likeness (QED) is 0.540. The predicted octanol–water partition coefficient (Wildman–Crippen LogP) is 2.11. The zero-order chi connectivity index (χ0) is 20.1. The van der Waals surface area contributed by atoms with E-state index < -0.39 is 11.6 Å². The first-order valence-corrected chi connectivity index (χ1v) is 9.46. The molecule has 5 rings (SSSR count). The van der Waals surface area contributed by atoms with Crippen molar-refractivity contribution in [1.29, 1.82) is 0 Å². The zero-order valence-corrected chi connectivity index (χ0v) is 15.8. The number of halogens is 1. The molecule has 8 nitrogen and oxygen atoms in total. The Hall–Kier alpha value is -3.33. The first-order chi connectivity index (χ1) is 14.0. The van der Waals surface area contributed by atoms with Gasteiger partial charge in [-0.25, -0.2) is 9.37 Å². The standard InChI is InChI=1S/C20H19FN6O2/c1-26-9-11-6-13(19(28)17(21)18(11)25-26)15-7-16-14(8-23-15)20(29)27(10-24-16)12-2-4-22-5-3-12/h6-10,12,22,28H,2-5H2,1H3. The summed E-state index contributed by atoms with van der Waals surface area (Å²) in [6.45, 7) is 1.74. The third-order valence-corrected chi connectivity index (χ3v) is 5.47. The number of hydrogen-bond acceptors (Lipinski definition) is 6. The first-order valence-electron chi connectivity index (χ1n) is 9.46. The van der Waals surface area contributed by atoms with E-state index in [0.717, 1.165) is 25.9 Å². The molecule has 1 aliphatic heterocycles. The highest BCUT2D eigenvalue weighted by Crippen LogP contribution is 2.35. The van der Waals surface area contributed by atoms with Crippen molar-refractivity contribution in [1.82, 2.24) is 29.6 Å². The smallest absolute Gasteiger partial charge is 0.263 e. The molecule has 0 aliphatic carbocycles. The van der Waals surface area contributed by atoms with Gasteiger partial charge in [-0.15, -0.1) is 0 Å². The molecule has 1 aromatic carbocycles. The molecular weight excluding hydrogens is 375 g/mol. The molecule has 0 amide bonds. The number of aryl methyl sites for hydroxylation is 1. The molecule has 1 fully saturated rings. The highest BCUT2D eigenvalue weighted by Gasteiger charge is 2.20. The lowest BCUT2D eigenvalue weighted by atomic mass is 10.1. The third-order valence-electron chi connectivity index (χ3n) is 5.47. The summed E-state index contributed by atoms with van der Waals surface area (Å²) in [6, 6.07) is 3.34. The van der Waals surface area contributed by atoms with E-state index in [1.165, 1.54) is 10.9 Å². The maximum atomic E-state index is 14.6. The van der Waals surface area contributed by atoms with E-state index in [4.69, 9.17) is 0 Å². The second kappa shape index (κ2) is 6.63. The number of hydrogen-bond donors (Lipinski definition) is 2. The van der Waals surface area contributed by atoms with Crippen molar-refractivity contribution in [3.63, 3.8) is 0 Å². The summed E-state index contributed by atoms with van der Waals surface area (Å²) in [5.74, 6) is -1.32. The molecule has 0 bridgehead atoms. The number of fused-ring (bicyclic) bond motifs is 2. The second-order valence-corrected chi connectivity index (χ2v) is 7.35. The van der Waals surface area contributed by atoms with Crippen LogP contribution < -0.4 is 10.9 Å². The van der Waals surface area contributed by atoms with Gasteiger partial charge in [-0.1, -0.05) is 0 Å². The van der Waals surface area contributed by atoms with Crippen LogP contribution in [-0.4, -0.2) is 42.5 Å². The lowest BCUT2D eigenvalue weighted by Crippen LogP contribution is -2.34. The summed E-state index contributed by atoms with van der Waals surface area (Å²) in [5.41, 5.74) is 0.980. The molecule has 3 aromatic heterocycles.